The van der Waals surface area contributed by atoms with Crippen LogP contribution >= 0.6 is 11.6 Å². The van der Waals surface area contributed by atoms with Crippen molar-refractivity contribution in [2.24, 2.45) is 5.92 Å². The maximum atomic E-state index is 12.6. The maximum absolute atomic E-state index is 12.6. The van der Waals surface area contributed by atoms with Gasteiger partial charge in [-0.05, 0) is 49.1 Å². The van der Waals surface area contributed by atoms with Crippen molar-refractivity contribution in [3.63, 3.8) is 0 Å². The fourth-order valence-electron chi connectivity index (χ4n) is 4.00. The number of piperidine rings is 1. The molecule has 140 valence electrons. The van der Waals surface area contributed by atoms with Gasteiger partial charge >= 0.3 is 0 Å². The van der Waals surface area contributed by atoms with Crippen LogP contribution in [0.2, 0.25) is 5.02 Å². The molecule has 1 aromatic carbocycles. The summed E-state index contributed by atoms with van der Waals surface area (Å²) >= 11 is 5.94. The molecule has 1 aromatic heterocycles. The van der Waals surface area contributed by atoms with Crippen molar-refractivity contribution in [2.75, 3.05) is 13.2 Å². The molecule has 2 aliphatic rings. The van der Waals surface area contributed by atoms with Crippen LogP contribution in [0.5, 0.6) is 5.75 Å². The average Bonchev–Trinajstić information content (AvgIpc) is 3.27. The molecule has 0 radical (unpaired) electrons. The van der Waals surface area contributed by atoms with Crippen molar-refractivity contribution < 1.29 is 14.3 Å². The summed E-state index contributed by atoms with van der Waals surface area (Å²) < 4.78 is 5.58. The van der Waals surface area contributed by atoms with E-state index in [1.54, 1.807) is 48.8 Å². The second-order valence-corrected chi connectivity index (χ2v) is 7.46. The molecule has 1 aliphatic carbocycles. The lowest BCUT2D eigenvalue weighted by molar-refractivity contribution is -0.135. The molecule has 7 heteroatoms. The van der Waals surface area contributed by atoms with E-state index in [2.05, 4.69) is 10.3 Å². The van der Waals surface area contributed by atoms with Crippen molar-refractivity contribution >= 4 is 23.4 Å². The molecule has 3 atom stereocenters. The Balaban J connectivity index is 1.36. The third-order valence-electron chi connectivity index (χ3n) is 5.20. The quantitative estimate of drug-likeness (QED) is 0.858. The molecule has 2 heterocycles. The summed E-state index contributed by atoms with van der Waals surface area (Å²) in [7, 11) is 0. The van der Waals surface area contributed by atoms with E-state index in [4.69, 9.17) is 16.3 Å². The number of rotatable bonds is 5. The number of likely N-dealkylation sites (tertiary alicyclic amines) is 1. The van der Waals surface area contributed by atoms with Crippen molar-refractivity contribution in [3.8, 4) is 5.75 Å². The van der Waals surface area contributed by atoms with Gasteiger partial charge in [0.25, 0.3) is 11.8 Å². The van der Waals surface area contributed by atoms with Gasteiger partial charge in [-0.25, -0.2) is 0 Å². The van der Waals surface area contributed by atoms with Crippen LogP contribution in [0.3, 0.4) is 0 Å². The predicted octanol–water partition coefficient (Wildman–Crippen LogP) is 2.53. The lowest BCUT2D eigenvalue weighted by Gasteiger charge is -2.33. The Bertz CT molecular complexity index is 845. The molecule has 6 nitrogen and oxygen atoms in total. The van der Waals surface area contributed by atoms with Gasteiger partial charge < -0.3 is 15.0 Å². The number of carbonyl (C=O) groups is 2. The number of benzene rings is 1. The molecule has 27 heavy (non-hydrogen) atoms. The molecule has 2 aromatic rings. The molecular weight excluding hydrogens is 366 g/mol. The highest BCUT2D eigenvalue weighted by Crippen LogP contribution is 2.38. The number of hydrogen-bond donors (Lipinski definition) is 1. The van der Waals surface area contributed by atoms with Crippen LogP contribution in [0.15, 0.2) is 48.8 Å². The second kappa shape index (κ2) is 7.56. The van der Waals surface area contributed by atoms with Gasteiger partial charge in [0.15, 0.2) is 6.61 Å². The minimum absolute atomic E-state index is 0.0195. The standard InChI is InChI=1S/C20H20ClN3O3/c21-15-4-1-5-16(9-15)27-12-19(25)24-11-13-7-17(18(24)8-13)23-20(26)14-3-2-6-22-10-14/h1-6,9-10,13,17-18H,7-8,11-12H2,(H,23,26). The van der Waals surface area contributed by atoms with Gasteiger partial charge in [-0.15, -0.1) is 0 Å². The van der Waals surface area contributed by atoms with Crippen molar-refractivity contribution in [2.45, 2.75) is 24.9 Å². The highest BCUT2D eigenvalue weighted by Gasteiger charge is 2.47. The molecule has 2 amide bonds. The van der Waals surface area contributed by atoms with E-state index in [0.717, 1.165) is 19.4 Å². The van der Waals surface area contributed by atoms with Gasteiger partial charge in [-0.2, -0.15) is 0 Å². The summed E-state index contributed by atoms with van der Waals surface area (Å²) in [5.41, 5.74) is 0.530. The minimum Gasteiger partial charge on any atom is -0.484 e. The average molecular weight is 386 g/mol. The number of carbonyl (C=O) groups excluding carboxylic acids is 2. The molecule has 1 saturated carbocycles. The van der Waals surface area contributed by atoms with Crippen molar-refractivity contribution in [1.82, 2.24) is 15.2 Å². The molecule has 4 rings (SSSR count). The molecule has 3 unspecified atom stereocenters. The van der Waals surface area contributed by atoms with Gasteiger partial charge in [0.1, 0.15) is 5.75 Å². The number of halogens is 1. The Morgan fingerprint density at radius 2 is 2.15 bits per heavy atom. The van der Waals surface area contributed by atoms with E-state index in [0.29, 0.717) is 22.3 Å². The van der Waals surface area contributed by atoms with E-state index in [1.807, 2.05) is 4.90 Å². The Kier molecular flexibility index (Phi) is 4.99. The number of pyridine rings is 1. The summed E-state index contributed by atoms with van der Waals surface area (Å²) in [6.45, 7) is 0.689. The number of ether oxygens (including phenoxy) is 1. The summed E-state index contributed by atoms with van der Waals surface area (Å²) in [6.07, 6.45) is 5.00. The fraction of sp³-hybridized carbons (Fsp3) is 0.350. The Morgan fingerprint density at radius 3 is 2.89 bits per heavy atom. The van der Waals surface area contributed by atoms with Crippen molar-refractivity contribution in [3.05, 3.63) is 59.4 Å². The summed E-state index contributed by atoms with van der Waals surface area (Å²) in [6, 6.07) is 10.4. The van der Waals surface area contributed by atoms with Gasteiger partial charge in [0.2, 0.25) is 0 Å². The number of nitrogens with one attached hydrogen (secondary N) is 1. The van der Waals surface area contributed by atoms with Crippen molar-refractivity contribution in [1.29, 1.82) is 0 Å². The Morgan fingerprint density at radius 1 is 1.26 bits per heavy atom. The number of hydrogen-bond acceptors (Lipinski definition) is 4. The zero-order valence-corrected chi connectivity index (χ0v) is 15.4. The first kappa shape index (κ1) is 17.8. The zero-order chi connectivity index (χ0) is 18.8. The molecule has 0 spiro atoms. The number of nitrogens with zero attached hydrogens (tertiary/aromatic N) is 2. The lowest BCUT2D eigenvalue weighted by atomic mass is 10.0. The summed E-state index contributed by atoms with van der Waals surface area (Å²) in [5, 5.41) is 3.63. The smallest absolute Gasteiger partial charge is 0.260 e. The van der Waals surface area contributed by atoms with Crippen LogP contribution in [-0.2, 0) is 4.79 Å². The van der Waals surface area contributed by atoms with Crippen LogP contribution < -0.4 is 10.1 Å². The monoisotopic (exact) mass is 385 g/mol. The highest BCUT2D eigenvalue weighted by atomic mass is 35.5. The van der Waals surface area contributed by atoms with Crippen LogP contribution in [-0.4, -0.2) is 46.9 Å². The normalized spacial score (nSPS) is 23.3. The number of amides is 2. The summed E-state index contributed by atoms with van der Waals surface area (Å²) in [4.78, 5) is 30.9. The van der Waals surface area contributed by atoms with Gasteiger partial charge in [0.05, 0.1) is 11.6 Å². The van der Waals surface area contributed by atoms with E-state index < -0.39 is 0 Å². The topological polar surface area (TPSA) is 71.5 Å². The lowest BCUT2D eigenvalue weighted by Crippen LogP contribution is -2.52. The first-order valence-corrected chi connectivity index (χ1v) is 9.36. The van der Waals surface area contributed by atoms with Crippen LogP contribution in [0.25, 0.3) is 0 Å². The predicted molar refractivity (Wildman–Crippen MR) is 101 cm³/mol. The molecule has 1 aliphatic heterocycles. The molecule has 2 fully saturated rings. The van der Waals surface area contributed by atoms with Gasteiger partial charge in [-0.3, -0.25) is 14.6 Å². The Hall–Kier alpha value is -2.60. The zero-order valence-electron chi connectivity index (χ0n) is 14.7. The van der Waals surface area contributed by atoms with E-state index in [-0.39, 0.29) is 30.5 Å². The highest BCUT2D eigenvalue weighted by molar-refractivity contribution is 6.30. The number of aromatic nitrogens is 1. The largest absolute Gasteiger partial charge is 0.484 e. The van der Waals surface area contributed by atoms with Gasteiger partial charge in [-0.1, -0.05) is 17.7 Å². The maximum Gasteiger partial charge on any atom is 0.260 e. The molecular formula is C20H20ClN3O3. The first-order valence-electron chi connectivity index (χ1n) is 8.99. The van der Waals surface area contributed by atoms with Crippen LogP contribution in [0.1, 0.15) is 23.2 Å². The number of fused-ring (bicyclic) bond motifs is 2. The molecule has 1 saturated heterocycles. The van der Waals surface area contributed by atoms with Crippen LogP contribution in [0, 0.1) is 5.92 Å². The third kappa shape index (κ3) is 3.90. The molecule has 1 N–H and O–H groups in total. The van der Waals surface area contributed by atoms with Gasteiger partial charge in [0, 0.05) is 30.0 Å². The SMILES string of the molecule is O=C(NC1CC2CC1N(C(=O)COc1cccc(Cl)c1)C2)c1cccnc1. The van der Waals surface area contributed by atoms with E-state index in [9.17, 15) is 9.59 Å². The Labute approximate surface area is 162 Å². The van der Waals surface area contributed by atoms with E-state index in [1.165, 1.54) is 0 Å². The van der Waals surface area contributed by atoms with E-state index >= 15 is 0 Å². The minimum atomic E-state index is -0.150. The molecule has 2 bridgehead atoms. The third-order valence-corrected chi connectivity index (χ3v) is 5.44. The second-order valence-electron chi connectivity index (χ2n) is 7.02. The fourth-order valence-corrected chi connectivity index (χ4v) is 4.18. The first-order chi connectivity index (χ1) is 13.1. The summed E-state index contributed by atoms with van der Waals surface area (Å²) in [5.74, 6) is 0.775. The van der Waals surface area contributed by atoms with Crippen LogP contribution in [0.4, 0.5) is 0 Å².